The highest BCUT2D eigenvalue weighted by atomic mass is 16.6. The minimum atomic E-state index is -1.19. The van der Waals surface area contributed by atoms with Crippen LogP contribution in [0.1, 0.15) is 11.9 Å². The summed E-state index contributed by atoms with van der Waals surface area (Å²) in [6, 6.07) is 2.54. The van der Waals surface area contributed by atoms with Crippen LogP contribution in [0.4, 0.5) is 5.69 Å². The molecular weight excluding hydrogens is 162 g/mol. The highest BCUT2D eigenvalue weighted by Gasteiger charge is 2.07. The normalized spacial score (nSPS) is 12.5. The smallest absolute Gasteiger partial charge is 0.287 e. The van der Waals surface area contributed by atoms with Crippen LogP contribution in [0.3, 0.4) is 0 Å². The van der Waals surface area contributed by atoms with E-state index in [0.29, 0.717) is 0 Å². The van der Waals surface area contributed by atoms with Gasteiger partial charge in [-0.2, -0.15) is 0 Å². The molecule has 64 valence electrons. The molecule has 0 bridgehead atoms. The zero-order valence-corrected chi connectivity index (χ0v) is 6.04. The van der Waals surface area contributed by atoms with Crippen molar-refractivity contribution in [2.45, 2.75) is 6.23 Å². The molecule has 0 aromatic carbocycles. The molecule has 0 aliphatic heterocycles. The number of nitro groups is 1. The zero-order valence-electron chi connectivity index (χ0n) is 6.04. The topological polar surface area (TPSA) is 102 Å². The summed E-state index contributed by atoms with van der Waals surface area (Å²) >= 11 is 0. The van der Waals surface area contributed by atoms with Gasteiger partial charge in [0.05, 0.1) is 10.6 Å². The van der Waals surface area contributed by atoms with Crippen molar-refractivity contribution in [2.24, 2.45) is 5.73 Å². The van der Waals surface area contributed by atoms with Crippen LogP contribution in [0, 0.1) is 10.1 Å². The third kappa shape index (κ3) is 1.74. The molecule has 6 nitrogen and oxygen atoms in total. The zero-order chi connectivity index (χ0) is 9.14. The number of aliphatic hydroxyl groups is 1. The minimum Gasteiger partial charge on any atom is -0.373 e. The fourth-order valence-corrected chi connectivity index (χ4v) is 0.680. The van der Waals surface area contributed by atoms with Gasteiger partial charge >= 0.3 is 0 Å². The quantitative estimate of drug-likeness (QED) is 0.366. The lowest BCUT2D eigenvalue weighted by Crippen LogP contribution is -2.10. The summed E-state index contributed by atoms with van der Waals surface area (Å²) in [6.45, 7) is 0. The van der Waals surface area contributed by atoms with E-state index in [1.807, 2.05) is 0 Å². The first-order valence-corrected chi connectivity index (χ1v) is 3.15. The summed E-state index contributed by atoms with van der Waals surface area (Å²) in [5, 5.41) is 19.0. The number of hydrogen-bond donors (Lipinski definition) is 2. The molecule has 0 spiro atoms. The van der Waals surface area contributed by atoms with Gasteiger partial charge in [0.15, 0.2) is 0 Å². The van der Waals surface area contributed by atoms with Gasteiger partial charge in [0.2, 0.25) is 0 Å². The van der Waals surface area contributed by atoms with Crippen molar-refractivity contribution in [2.75, 3.05) is 0 Å². The first-order valence-electron chi connectivity index (χ1n) is 3.15. The van der Waals surface area contributed by atoms with Gasteiger partial charge in [0.1, 0.15) is 12.4 Å². The number of nitrogens with two attached hydrogens (primary N) is 1. The number of nitrogens with zero attached hydrogens (tertiary/aromatic N) is 2. The Balaban J connectivity index is 2.93. The predicted molar refractivity (Wildman–Crippen MR) is 40.0 cm³/mol. The molecule has 0 aliphatic carbocycles. The van der Waals surface area contributed by atoms with Gasteiger partial charge in [0, 0.05) is 6.07 Å². The van der Waals surface area contributed by atoms with Gasteiger partial charge in [-0.1, -0.05) is 0 Å². The summed E-state index contributed by atoms with van der Waals surface area (Å²) in [5.41, 5.74) is 5.15. The molecule has 0 saturated carbocycles. The van der Waals surface area contributed by atoms with Crippen molar-refractivity contribution in [1.29, 1.82) is 0 Å². The van der Waals surface area contributed by atoms with Gasteiger partial charge in [-0.3, -0.25) is 10.1 Å². The van der Waals surface area contributed by atoms with Gasteiger partial charge < -0.3 is 10.8 Å². The molecule has 12 heavy (non-hydrogen) atoms. The molecular formula is C6H7N3O3. The monoisotopic (exact) mass is 169 g/mol. The van der Waals surface area contributed by atoms with E-state index >= 15 is 0 Å². The second-order valence-corrected chi connectivity index (χ2v) is 2.14. The molecule has 0 aliphatic rings. The second-order valence-electron chi connectivity index (χ2n) is 2.14. The van der Waals surface area contributed by atoms with E-state index in [1.165, 1.54) is 12.1 Å². The third-order valence-corrected chi connectivity index (χ3v) is 1.28. The standard InChI is InChI=1S/C6H7N3O3/c7-6(10)5-2-1-4(3-8-5)9(11)12/h1-3,6,10H,7H2. The van der Waals surface area contributed by atoms with Crippen LogP contribution < -0.4 is 5.73 Å². The molecule has 1 unspecified atom stereocenters. The fraction of sp³-hybridized carbons (Fsp3) is 0.167. The maximum Gasteiger partial charge on any atom is 0.287 e. The van der Waals surface area contributed by atoms with Crippen molar-refractivity contribution < 1.29 is 10.0 Å². The molecule has 0 saturated heterocycles. The average molecular weight is 169 g/mol. The van der Waals surface area contributed by atoms with Crippen LogP contribution in [0.2, 0.25) is 0 Å². The number of rotatable bonds is 2. The summed E-state index contributed by atoms with van der Waals surface area (Å²) in [7, 11) is 0. The summed E-state index contributed by atoms with van der Waals surface area (Å²) in [6.07, 6.45) is -0.142. The Labute approximate surface area is 67.8 Å². The Bertz CT molecular complexity index is 283. The van der Waals surface area contributed by atoms with E-state index in [4.69, 9.17) is 10.8 Å². The number of pyridine rings is 1. The average Bonchev–Trinajstić information content (AvgIpc) is 2.04. The molecule has 1 aromatic heterocycles. The van der Waals surface area contributed by atoms with Crippen molar-refractivity contribution in [1.82, 2.24) is 4.98 Å². The predicted octanol–water partition coefficient (Wildman–Crippen LogP) is -0.0606. The number of aromatic nitrogens is 1. The molecule has 0 amide bonds. The van der Waals surface area contributed by atoms with E-state index < -0.39 is 11.2 Å². The van der Waals surface area contributed by atoms with Crippen LogP contribution in [-0.2, 0) is 0 Å². The van der Waals surface area contributed by atoms with Gasteiger partial charge in [-0.25, -0.2) is 4.98 Å². The Morgan fingerprint density at radius 2 is 2.33 bits per heavy atom. The maximum atomic E-state index is 10.2. The van der Waals surface area contributed by atoms with Crippen molar-refractivity contribution >= 4 is 5.69 Å². The molecule has 1 atom stereocenters. The van der Waals surface area contributed by atoms with E-state index in [9.17, 15) is 10.1 Å². The van der Waals surface area contributed by atoms with Crippen LogP contribution in [0.15, 0.2) is 18.3 Å². The van der Waals surface area contributed by atoms with Crippen LogP contribution in [-0.4, -0.2) is 15.0 Å². The van der Waals surface area contributed by atoms with Crippen molar-refractivity contribution in [3.8, 4) is 0 Å². The van der Waals surface area contributed by atoms with Crippen LogP contribution >= 0.6 is 0 Å². The Morgan fingerprint density at radius 1 is 1.67 bits per heavy atom. The van der Waals surface area contributed by atoms with Crippen LogP contribution in [0.25, 0.3) is 0 Å². The largest absolute Gasteiger partial charge is 0.373 e. The molecule has 1 heterocycles. The number of hydrogen-bond acceptors (Lipinski definition) is 5. The highest BCUT2D eigenvalue weighted by Crippen LogP contribution is 2.10. The number of aliphatic hydroxyl groups excluding tert-OH is 1. The van der Waals surface area contributed by atoms with E-state index in [2.05, 4.69) is 4.98 Å². The first-order chi connectivity index (χ1) is 5.61. The minimum absolute atomic E-state index is 0.126. The lowest BCUT2D eigenvalue weighted by molar-refractivity contribution is -0.385. The van der Waals surface area contributed by atoms with Crippen LogP contribution in [0.5, 0.6) is 0 Å². The molecule has 0 radical (unpaired) electrons. The Hall–Kier alpha value is -1.53. The fourth-order valence-electron chi connectivity index (χ4n) is 0.680. The summed E-state index contributed by atoms with van der Waals surface area (Å²) in [4.78, 5) is 13.2. The van der Waals surface area contributed by atoms with E-state index in [-0.39, 0.29) is 11.4 Å². The summed E-state index contributed by atoms with van der Waals surface area (Å²) < 4.78 is 0. The molecule has 3 N–H and O–H groups in total. The molecule has 1 rings (SSSR count). The Kier molecular flexibility index (Phi) is 2.32. The molecule has 0 fully saturated rings. The van der Waals surface area contributed by atoms with Gasteiger partial charge in [-0.15, -0.1) is 0 Å². The summed E-state index contributed by atoms with van der Waals surface area (Å²) in [5.74, 6) is 0. The second kappa shape index (κ2) is 3.24. The lowest BCUT2D eigenvalue weighted by Gasteiger charge is -2.00. The van der Waals surface area contributed by atoms with E-state index in [0.717, 1.165) is 6.20 Å². The van der Waals surface area contributed by atoms with Gasteiger partial charge in [0.25, 0.3) is 5.69 Å². The van der Waals surface area contributed by atoms with Crippen molar-refractivity contribution in [3.05, 3.63) is 34.1 Å². The van der Waals surface area contributed by atoms with Crippen molar-refractivity contribution in [3.63, 3.8) is 0 Å². The lowest BCUT2D eigenvalue weighted by atomic mass is 10.3. The van der Waals surface area contributed by atoms with E-state index in [1.54, 1.807) is 0 Å². The first kappa shape index (κ1) is 8.57. The Morgan fingerprint density at radius 3 is 2.67 bits per heavy atom. The maximum absolute atomic E-state index is 10.2. The third-order valence-electron chi connectivity index (χ3n) is 1.28. The highest BCUT2D eigenvalue weighted by molar-refractivity contribution is 5.27. The molecule has 6 heteroatoms. The van der Waals surface area contributed by atoms with Gasteiger partial charge in [-0.05, 0) is 6.07 Å². The SMILES string of the molecule is NC(O)c1ccc([N+](=O)[O-])cn1. The molecule has 1 aromatic rings.